The summed E-state index contributed by atoms with van der Waals surface area (Å²) in [6.45, 7) is 4.32. The van der Waals surface area contributed by atoms with Crippen LogP contribution >= 0.6 is 23.2 Å². The lowest BCUT2D eigenvalue weighted by atomic mass is 9.85. The lowest BCUT2D eigenvalue weighted by Gasteiger charge is -2.39. The average Bonchev–Trinajstić information content (AvgIpc) is 3.49. The van der Waals surface area contributed by atoms with Crippen molar-refractivity contribution in [2.24, 2.45) is 5.92 Å². The van der Waals surface area contributed by atoms with Crippen LogP contribution in [0.2, 0.25) is 10.0 Å². The molecule has 4 aromatic rings. The SMILES string of the molecule is COc1cccc2c(C(=O)NCc3ccccc3C)cn(CCCN3[C@@H]4CC[C@H]3CC(CC(=O)c3cc(Cl)cc(Cl)c3)C4)c12. The number of carbonyl (C=O) groups excluding carboxylic acids is 2. The molecule has 230 valence electrons. The Bertz CT molecular complexity index is 1650. The van der Waals surface area contributed by atoms with Gasteiger partial charge in [0.2, 0.25) is 0 Å². The van der Waals surface area contributed by atoms with Crippen LogP contribution in [0, 0.1) is 12.8 Å². The average molecular weight is 633 g/mol. The maximum Gasteiger partial charge on any atom is 0.253 e. The molecule has 3 heterocycles. The van der Waals surface area contributed by atoms with E-state index in [9.17, 15) is 9.59 Å². The highest BCUT2D eigenvalue weighted by molar-refractivity contribution is 6.35. The summed E-state index contributed by atoms with van der Waals surface area (Å²) in [5, 5.41) is 5.02. The summed E-state index contributed by atoms with van der Waals surface area (Å²) in [6.07, 6.45) is 7.94. The van der Waals surface area contributed by atoms with Crippen LogP contribution in [0.1, 0.15) is 70.4 Å². The van der Waals surface area contributed by atoms with Gasteiger partial charge in [-0.1, -0.05) is 59.6 Å². The molecule has 1 aromatic heterocycles. The van der Waals surface area contributed by atoms with Crippen molar-refractivity contribution in [1.82, 2.24) is 14.8 Å². The smallest absolute Gasteiger partial charge is 0.253 e. The van der Waals surface area contributed by atoms with E-state index in [2.05, 4.69) is 27.8 Å². The molecule has 6 rings (SSSR count). The third-order valence-corrected chi connectivity index (χ3v) is 9.92. The minimum Gasteiger partial charge on any atom is -0.495 e. The van der Waals surface area contributed by atoms with Gasteiger partial charge in [0.1, 0.15) is 5.75 Å². The molecular formula is C36H39Cl2N3O3. The Balaban J connectivity index is 1.10. The van der Waals surface area contributed by atoms with E-state index in [0.717, 1.165) is 60.1 Å². The Labute approximate surface area is 269 Å². The number of aryl methyl sites for hydroxylation is 2. The highest BCUT2D eigenvalue weighted by atomic mass is 35.5. The van der Waals surface area contributed by atoms with Gasteiger partial charge in [-0.25, -0.2) is 0 Å². The first-order valence-corrected chi connectivity index (χ1v) is 16.3. The summed E-state index contributed by atoms with van der Waals surface area (Å²) in [6, 6.07) is 20.1. The summed E-state index contributed by atoms with van der Waals surface area (Å²) >= 11 is 12.3. The third-order valence-electron chi connectivity index (χ3n) is 9.48. The number of ether oxygens (including phenoxy) is 1. The number of amides is 1. The topological polar surface area (TPSA) is 63.6 Å². The number of aromatic nitrogens is 1. The standard InChI is InChI=1S/C36H39Cl2N3O3/c1-23-7-3-4-8-25(23)21-39-36(43)32-22-40(35-31(32)9-5-10-34(35)44-2)13-6-14-41-29-11-12-30(41)16-24(15-29)17-33(42)26-18-27(37)20-28(38)19-26/h3-5,7-10,18-20,22,24,29-30H,6,11-17,21H2,1-2H3,(H,39,43)/t24?,29-,30+. The van der Waals surface area contributed by atoms with Crippen molar-refractivity contribution < 1.29 is 14.3 Å². The van der Waals surface area contributed by atoms with Crippen LogP contribution in [0.3, 0.4) is 0 Å². The Morgan fingerprint density at radius 2 is 1.68 bits per heavy atom. The molecule has 2 bridgehead atoms. The van der Waals surface area contributed by atoms with Crippen molar-refractivity contribution in [3.63, 3.8) is 0 Å². The van der Waals surface area contributed by atoms with Crippen LogP contribution in [0.15, 0.2) is 66.9 Å². The molecule has 2 fully saturated rings. The molecule has 3 atom stereocenters. The van der Waals surface area contributed by atoms with Crippen LogP contribution < -0.4 is 10.1 Å². The number of hydrogen-bond donors (Lipinski definition) is 1. The number of carbonyl (C=O) groups is 2. The first-order chi connectivity index (χ1) is 21.3. The van der Waals surface area contributed by atoms with Crippen LogP contribution in [-0.4, -0.2) is 46.9 Å². The van der Waals surface area contributed by atoms with Crippen molar-refractivity contribution in [2.75, 3.05) is 13.7 Å². The van der Waals surface area contributed by atoms with E-state index in [1.807, 2.05) is 42.6 Å². The van der Waals surface area contributed by atoms with E-state index in [1.54, 1.807) is 25.3 Å². The van der Waals surface area contributed by atoms with Gasteiger partial charge in [-0.05, 0) is 80.3 Å². The normalized spacial score (nSPS) is 19.8. The molecule has 2 aliphatic rings. The zero-order valence-electron chi connectivity index (χ0n) is 25.3. The van der Waals surface area contributed by atoms with Crippen molar-refractivity contribution in [1.29, 1.82) is 0 Å². The second-order valence-electron chi connectivity index (χ2n) is 12.3. The Kier molecular flexibility index (Phi) is 9.31. The number of nitrogens with one attached hydrogen (secondary N) is 1. The summed E-state index contributed by atoms with van der Waals surface area (Å²) in [7, 11) is 1.68. The summed E-state index contributed by atoms with van der Waals surface area (Å²) in [5.74, 6) is 1.19. The summed E-state index contributed by atoms with van der Waals surface area (Å²) < 4.78 is 7.91. The van der Waals surface area contributed by atoms with Crippen LogP contribution in [-0.2, 0) is 13.1 Å². The lowest BCUT2D eigenvalue weighted by molar-refractivity contribution is 0.0807. The molecule has 1 amide bonds. The van der Waals surface area contributed by atoms with E-state index >= 15 is 0 Å². The number of piperidine rings is 1. The molecule has 0 saturated carbocycles. The highest BCUT2D eigenvalue weighted by Crippen LogP contribution is 2.40. The van der Waals surface area contributed by atoms with Gasteiger partial charge >= 0.3 is 0 Å². The third kappa shape index (κ3) is 6.53. The highest BCUT2D eigenvalue weighted by Gasteiger charge is 2.40. The predicted octanol–water partition coefficient (Wildman–Crippen LogP) is 8.10. The largest absolute Gasteiger partial charge is 0.495 e. The Hall–Kier alpha value is -3.32. The van der Waals surface area contributed by atoms with Crippen LogP contribution in [0.4, 0.5) is 0 Å². The number of methoxy groups -OCH3 is 1. The first-order valence-electron chi connectivity index (χ1n) is 15.5. The van der Waals surface area contributed by atoms with E-state index in [-0.39, 0.29) is 11.7 Å². The van der Waals surface area contributed by atoms with E-state index in [1.165, 1.54) is 12.8 Å². The summed E-state index contributed by atoms with van der Waals surface area (Å²) in [4.78, 5) is 29.1. The molecule has 1 N–H and O–H groups in total. The number of nitrogens with zero attached hydrogens (tertiary/aromatic N) is 2. The predicted molar refractivity (Wildman–Crippen MR) is 177 cm³/mol. The van der Waals surface area contributed by atoms with Gasteiger partial charge in [0.25, 0.3) is 5.91 Å². The second-order valence-corrected chi connectivity index (χ2v) is 13.2. The van der Waals surface area contributed by atoms with Gasteiger partial charge in [0.15, 0.2) is 5.78 Å². The zero-order chi connectivity index (χ0) is 30.8. The van der Waals surface area contributed by atoms with Gasteiger partial charge in [0.05, 0.1) is 18.2 Å². The minimum atomic E-state index is -0.0834. The lowest BCUT2D eigenvalue weighted by Crippen LogP contribution is -2.43. The van der Waals surface area contributed by atoms with Gasteiger partial charge in [-0.15, -0.1) is 0 Å². The van der Waals surface area contributed by atoms with E-state index < -0.39 is 0 Å². The number of para-hydroxylation sites is 1. The Morgan fingerprint density at radius 3 is 2.39 bits per heavy atom. The molecule has 6 nitrogen and oxygen atoms in total. The van der Waals surface area contributed by atoms with E-state index in [0.29, 0.717) is 52.1 Å². The van der Waals surface area contributed by atoms with Gasteiger partial charge in [-0.3, -0.25) is 14.5 Å². The van der Waals surface area contributed by atoms with Gasteiger partial charge in [-0.2, -0.15) is 0 Å². The number of ketones is 1. The molecule has 0 radical (unpaired) electrons. The number of benzene rings is 3. The number of halogens is 2. The van der Waals surface area contributed by atoms with Gasteiger partial charge in [0, 0.05) is 65.3 Å². The maximum atomic E-state index is 13.4. The number of fused-ring (bicyclic) bond motifs is 3. The molecule has 0 aliphatic carbocycles. The molecule has 44 heavy (non-hydrogen) atoms. The molecule has 1 unspecified atom stereocenters. The number of rotatable bonds is 11. The molecule has 3 aromatic carbocycles. The zero-order valence-corrected chi connectivity index (χ0v) is 26.8. The van der Waals surface area contributed by atoms with E-state index in [4.69, 9.17) is 27.9 Å². The number of hydrogen-bond acceptors (Lipinski definition) is 4. The summed E-state index contributed by atoms with van der Waals surface area (Å²) in [5.41, 5.74) is 4.50. The number of Topliss-reactive ketones (excluding diaryl/α,β-unsaturated/α-hetero) is 1. The fraction of sp³-hybridized carbons (Fsp3) is 0.389. The van der Waals surface area contributed by atoms with Crippen molar-refractivity contribution in [3.05, 3.63) is 99.2 Å². The Morgan fingerprint density at radius 1 is 0.955 bits per heavy atom. The molecule has 8 heteroatoms. The van der Waals surface area contributed by atoms with Crippen molar-refractivity contribution in [3.8, 4) is 5.75 Å². The molecule has 0 spiro atoms. The second kappa shape index (κ2) is 13.4. The monoisotopic (exact) mass is 631 g/mol. The van der Waals surface area contributed by atoms with Crippen LogP contribution in [0.25, 0.3) is 10.9 Å². The molecule has 2 saturated heterocycles. The van der Waals surface area contributed by atoms with Gasteiger partial charge < -0.3 is 14.6 Å². The quantitative estimate of drug-likeness (QED) is 0.170. The van der Waals surface area contributed by atoms with Crippen molar-refractivity contribution in [2.45, 2.75) is 70.6 Å². The molecule has 2 aliphatic heterocycles. The fourth-order valence-corrected chi connectivity index (χ4v) is 7.89. The minimum absolute atomic E-state index is 0.0834. The van der Waals surface area contributed by atoms with Crippen LogP contribution in [0.5, 0.6) is 5.75 Å². The maximum absolute atomic E-state index is 13.4. The molecular weight excluding hydrogens is 593 g/mol. The first kappa shape index (κ1) is 30.7. The van der Waals surface area contributed by atoms with Crippen molar-refractivity contribution >= 4 is 45.8 Å². The fourth-order valence-electron chi connectivity index (χ4n) is 7.36.